The number of carbonyl (C=O) groups is 3. The molecule has 1 unspecified atom stereocenters. The minimum absolute atomic E-state index is 0.00195. The van der Waals surface area contributed by atoms with Crippen molar-refractivity contribution in [2.45, 2.75) is 63.7 Å². The fourth-order valence-electron chi connectivity index (χ4n) is 6.48. The molecular formula is C29H36N2O6. The van der Waals surface area contributed by atoms with Crippen molar-refractivity contribution in [3.63, 3.8) is 0 Å². The van der Waals surface area contributed by atoms with Crippen molar-refractivity contribution in [2.75, 3.05) is 31.2 Å². The van der Waals surface area contributed by atoms with Crippen LogP contribution >= 0.6 is 0 Å². The number of anilines is 1. The number of likely N-dealkylation sites (tertiary alicyclic amines) is 1. The number of aryl methyl sites for hydroxylation is 2. The number of carbonyl (C=O) groups excluding carboxylic acids is 3. The van der Waals surface area contributed by atoms with E-state index in [-0.39, 0.29) is 18.4 Å². The molecule has 1 spiro atoms. The fraction of sp³-hybridized carbons (Fsp3) is 0.552. The number of rotatable bonds is 5. The average Bonchev–Trinajstić information content (AvgIpc) is 3.25. The number of para-hydroxylation sites is 1. The van der Waals surface area contributed by atoms with Gasteiger partial charge in [0.25, 0.3) is 5.91 Å². The monoisotopic (exact) mass is 508 g/mol. The third-order valence-electron chi connectivity index (χ3n) is 8.12. The lowest BCUT2D eigenvalue weighted by atomic mass is 9.78. The van der Waals surface area contributed by atoms with E-state index in [1.54, 1.807) is 9.80 Å². The summed E-state index contributed by atoms with van der Waals surface area (Å²) in [5.74, 6) is -2.61. The molecule has 198 valence electrons. The lowest BCUT2D eigenvalue weighted by Gasteiger charge is -2.36. The second-order valence-corrected chi connectivity index (χ2v) is 10.5. The van der Waals surface area contributed by atoms with Gasteiger partial charge in [0, 0.05) is 25.4 Å². The molecule has 4 aliphatic rings. The van der Waals surface area contributed by atoms with Gasteiger partial charge in [-0.1, -0.05) is 42.5 Å². The Kier molecular flexibility index (Phi) is 7.23. The number of unbranched alkanes of at least 4 members (excludes halogenated alkanes) is 1. The van der Waals surface area contributed by atoms with E-state index in [2.05, 4.69) is 0 Å². The zero-order chi connectivity index (χ0) is 26.2. The zero-order valence-electron chi connectivity index (χ0n) is 21.6. The van der Waals surface area contributed by atoms with Crippen LogP contribution in [-0.4, -0.2) is 71.8 Å². The second-order valence-electron chi connectivity index (χ2n) is 10.5. The molecule has 37 heavy (non-hydrogen) atoms. The Labute approximate surface area is 217 Å². The highest BCUT2D eigenvalue weighted by molar-refractivity contribution is 6.06. The summed E-state index contributed by atoms with van der Waals surface area (Å²) in [6, 6.07) is 4.99. The van der Waals surface area contributed by atoms with Gasteiger partial charge in [-0.2, -0.15) is 0 Å². The largest absolute Gasteiger partial charge is 0.465 e. The highest BCUT2D eigenvalue weighted by Gasteiger charge is 2.71. The second kappa shape index (κ2) is 10.4. The minimum Gasteiger partial charge on any atom is -0.465 e. The Hall–Kier alpha value is -2.97. The molecule has 5 rings (SSSR count). The van der Waals surface area contributed by atoms with E-state index in [4.69, 9.17) is 9.47 Å². The van der Waals surface area contributed by atoms with Crippen molar-refractivity contribution in [3.05, 3.63) is 53.6 Å². The molecule has 8 nitrogen and oxygen atoms in total. The first-order chi connectivity index (χ1) is 17.9. The lowest BCUT2D eigenvalue weighted by molar-refractivity contribution is -0.154. The van der Waals surface area contributed by atoms with Gasteiger partial charge in [-0.3, -0.25) is 14.4 Å². The van der Waals surface area contributed by atoms with Gasteiger partial charge in [-0.15, -0.1) is 0 Å². The van der Waals surface area contributed by atoms with Crippen LogP contribution in [0, 0.1) is 25.7 Å². The Bertz CT molecular complexity index is 1110. The summed E-state index contributed by atoms with van der Waals surface area (Å²) in [4.78, 5) is 45.1. The van der Waals surface area contributed by atoms with Crippen LogP contribution < -0.4 is 4.90 Å². The number of benzene rings is 1. The number of nitrogens with zero attached hydrogens (tertiary/aromatic N) is 2. The number of aliphatic hydroxyl groups excluding tert-OH is 1. The smallest absolute Gasteiger partial charge is 0.312 e. The predicted octanol–water partition coefficient (Wildman–Crippen LogP) is 2.84. The topological polar surface area (TPSA) is 96.4 Å². The highest BCUT2D eigenvalue weighted by atomic mass is 16.6. The molecule has 0 aromatic heterocycles. The number of aliphatic hydroxyl groups is 1. The van der Waals surface area contributed by atoms with Crippen LogP contribution in [0.4, 0.5) is 5.69 Å². The minimum atomic E-state index is -1.27. The zero-order valence-corrected chi connectivity index (χ0v) is 21.6. The van der Waals surface area contributed by atoms with Gasteiger partial charge in [-0.25, -0.2) is 0 Å². The molecule has 2 fully saturated rings. The summed E-state index contributed by atoms with van der Waals surface area (Å²) in [5.41, 5.74) is 1.50. The van der Waals surface area contributed by atoms with Crippen LogP contribution in [0.25, 0.3) is 0 Å². The Balaban J connectivity index is 1.61. The fourth-order valence-corrected chi connectivity index (χ4v) is 6.48. The molecule has 1 N–H and O–H groups in total. The van der Waals surface area contributed by atoms with E-state index in [0.717, 1.165) is 36.1 Å². The first kappa shape index (κ1) is 25.7. The molecule has 5 atom stereocenters. The Morgan fingerprint density at radius 2 is 1.84 bits per heavy atom. The highest BCUT2D eigenvalue weighted by Crippen LogP contribution is 2.53. The normalized spacial score (nSPS) is 32.5. The molecule has 2 saturated heterocycles. The molecule has 0 aliphatic carbocycles. The maximum Gasteiger partial charge on any atom is 0.312 e. The van der Waals surface area contributed by atoms with Crippen LogP contribution in [0.5, 0.6) is 0 Å². The summed E-state index contributed by atoms with van der Waals surface area (Å²) in [6.07, 6.45) is 10.5. The standard InChI is InChI=1S/C29H36N2O6/c1-19-11-9-12-20(2)24(19)30-16-10-14-29-23(26(33)31(15-6-7-17-32)25(29)27(30)34)22-21(37-29)13-5-3-4-8-18-36-28(22)35/h5,9-14,21-23,25,32H,3-4,6-8,15-18H2,1-2H3/b13-5-/t21-,22+,23-,25?,29-/m0/s1. The lowest BCUT2D eigenvalue weighted by Crippen LogP contribution is -2.55. The number of hydrogen-bond donors (Lipinski definition) is 1. The van der Waals surface area contributed by atoms with Crippen molar-refractivity contribution >= 4 is 23.5 Å². The summed E-state index contributed by atoms with van der Waals surface area (Å²) < 4.78 is 12.3. The van der Waals surface area contributed by atoms with Gasteiger partial charge in [0.1, 0.15) is 17.6 Å². The van der Waals surface area contributed by atoms with Gasteiger partial charge < -0.3 is 24.4 Å². The van der Waals surface area contributed by atoms with Crippen LogP contribution in [0.1, 0.15) is 43.2 Å². The third-order valence-corrected chi connectivity index (χ3v) is 8.12. The van der Waals surface area contributed by atoms with Crippen molar-refractivity contribution in [2.24, 2.45) is 11.8 Å². The maximum absolute atomic E-state index is 14.4. The maximum atomic E-state index is 14.4. The number of ether oxygens (including phenoxy) is 2. The van der Waals surface area contributed by atoms with Crippen molar-refractivity contribution in [1.82, 2.24) is 4.90 Å². The van der Waals surface area contributed by atoms with Crippen LogP contribution in [-0.2, 0) is 23.9 Å². The van der Waals surface area contributed by atoms with Gasteiger partial charge in [0.2, 0.25) is 5.91 Å². The molecule has 0 bridgehead atoms. The molecule has 2 amide bonds. The molecule has 1 aromatic carbocycles. The molecule has 0 saturated carbocycles. The summed E-state index contributed by atoms with van der Waals surface area (Å²) in [6.45, 7) is 4.90. The van der Waals surface area contributed by atoms with Crippen LogP contribution in [0.2, 0.25) is 0 Å². The SMILES string of the molecule is Cc1cccc(C)c1N1CC=C[C@]23O[C@H]4/C=C\CCCCOC(=O)[C@H]4[C@H]2C(=O)N(CCCCO)C3C1=O. The van der Waals surface area contributed by atoms with Crippen molar-refractivity contribution < 1.29 is 29.0 Å². The Morgan fingerprint density at radius 1 is 1.05 bits per heavy atom. The van der Waals surface area contributed by atoms with E-state index in [1.165, 1.54) is 0 Å². The molecular weight excluding hydrogens is 472 g/mol. The van der Waals surface area contributed by atoms with Crippen molar-refractivity contribution in [3.8, 4) is 0 Å². The van der Waals surface area contributed by atoms with Gasteiger partial charge in [0.05, 0.1) is 18.6 Å². The van der Waals surface area contributed by atoms with E-state index < -0.39 is 35.6 Å². The number of amides is 2. The number of hydrogen-bond acceptors (Lipinski definition) is 6. The first-order valence-electron chi connectivity index (χ1n) is 13.4. The van der Waals surface area contributed by atoms with Gasteiger partial charge in [0.15, 0.2) is 0 Å². The molecule has 8 heteroatoms. The van der Waals surface area contributed by atoms with E-state index >= 15 is 0 Å². The Morgan fingerprint density at radius 3 is 2.59 bits per heavy atom. The average molecular weight is 509 g/mol. The van der Waals surface area contributed by atoms with E-state index in [0.29, 0.717) is 32.5 Å². The summed E-state index contributed by atoms with van der Waals surface area (Å²) in [7, 11) is 0. The van der Waals surface area contributed by atoms with E-state index in [1.807, 2.05) is 56.4 Å². The number of cyclic esters (lactones) is 1. The van der Waals surface area contributed by atoms with Crippen LogP contribution in [0.3, 0.4) is 0 Å². The van der Waals surface area contributed by atoms with Crippen molar-refractivity contribution in [1.29, 1.82) is 0 Å². The summed E-state index contributed by atoms with van der Waals surface area (Å²) >= 11 is 0. The molecule has 1 aromatic rings. The molecule has 4 heterocycles. The molecule has 4 aliphatic heterocycles. The van der Waals surface area contributed by atoms with Crippen LogP contribution in [0.15, 0.2) is 42.5 Å². The van der Waals surface area contributed by atoms with Gasteiger partial charge >= 0.3 is 5.97 Å². The van der Waals surface area contributed by atoms with E-state index in [9.17, 15) is 19.5 Å². The predicted molar refractivity (Wildman–Crippen MR) is 138 cm³/mol. The number of allylic oxidation sites excluding steroid dienone is 1. The molecule has 0 radical (unpaired) electrons. The quantitative estimate of drug-likeness (QED) is 0.373. The first-order valence-corrected chi connectivity index (χ1v) is 13.4. The summed E-state index contributed by atoms with van der Waals surface area (Å²) in [5, 5.41) is 9.36. The van der Waals surface area contributed by atoms with Gasteiger partial charge in [-0.05, 0) is 57.1 Å². The number of fused-ring (bicyclic) bond motifs is 2. The third kappa shape index (κ3) is 4.30. The number of esters is 1.